The largest absolute Gasteiger partial charge is 0.356 e. The molecule has 2 aliphatic rings. The zero-order valence-corrected chi connectivity index (χ0v) is 20.0. The molecule has 0 bridgehead atoms. The molecule has 0 unspecified atom stereocenters. The summed E-state index contributed by atoms with van der Waals surface area (Å²) in [7, 11) is -3.35. The van der Waals surface area contributed by atoms with E-state index in [1.807, 2.05) is 31.2 Å². The third-order valence-corrected chi connectivity index (χ3v) is 8.64. The van der Waals surface area contributed by atoms with E-state index in [9.17, 15) is 13.2 Å². The average Bonchev–Trinajstić information content (AvgIpc) is 2.76. The number of hydrogen-bond acceptors (Lipinski definition) is 4. The van der Waals surface area contributed by atoms with Gasteiger partial charge in [-0.1, -0.05) is 43.2 Å². The van der Waals surface area contributed by atoms with Gasteiger partial charge in [0.2, 0.25) is 15.9 Å². The van der Waals surface area contributed by atoms with Crippen LogP contribution in [0.1, 0.15) is 63.0 Å². The first-order valence-corrected chi connectivity index (χ1v) is 13.5. The fourth-order valence-corrected chi connectivity index (χ4v) is 6.51. The Balaban J connectivity index is 1.38. The van der Waals surface area contributed by atoms with Crippen LogP contribution < -0.4 is 5.32 Å². The summed E-state index contributed by atoms with van der Waals surface area (Å²) < 4.78 is 27.1. The maximum atomic E-state index is 12.8. The summed E-state index contributed by atoms with van der Waals surface area (Å²) in [6.07, 6.45) is 7.31. The van der Waals surface area contributed by atoms with Gasteiger partial charge in [-0.3, -0.25) is 4.79 Å². The Bertz CT molecular complexity index is 819. The molecule has 7 heteroatoms. The van der Waals surface area contributed by atoms with Crippen molar-refractivity contribution in [2.75, 3.05) is 32.7 Å². The lowest BCUT2D eigenvalue weighted by atomic mass is 9.97. The number of benzene rings is 1. The SMILES string of the molecule is CC[C@H]1CCCCN1CCCNC(=O)C1CCN(S(=O)(=O)Cc2cccc(C)c2)CC1. The summed E-state index contributed by atoms with van der Waals surface area (Å²) >= 11 is 0. The van der Waals surface area contributed by atoms with Crippen LogP contribution >= 0.6 is 0 Å². The minimum atomic E-state index is -3.35. The van der Waals surface area contributed by atoms with Crippen LogP contribution in [-0.4, -0.2) is 62.3 Å². The molecule has 2 saturated heterocycles. The summed E-state index contributed by atoms with van der Waals surface area (Å²) in [5.74, 6) is 0.0334. The Kier molecular flexibility index (Phi) is 8.93. The number of piperidine rings is 2. The van der Waals surface area contributed by atoms with Crippen molar-refractivity contribution in [3.63, 3.8) is 0 Å². The second-order valence-corrected chi connectivity index (χ2v) is 11.1. The molecular weight excluding hydrogens is 410 g/mol. The van der Waals surface area contributed by atoms with Gasteiger partial charge in [0, 0.05) is 38.1 Å². The van der Waals surface area contributed by atoms with Crippen molar-refractivity contribution >= 4 is 15.9 Å². The van der Waals surface area contributed by atoms with E-state index in [2.05, 4.69) is 17.1 Å². The number of carbonyl (C=O) groups is 1. The summed E-state index contributed by atoms with van der Waals surface area (Å²) in [4.78, 5) is 15.1. The number of aryl methyl sites for hydroxylation is 1. The predicted molar refractivity (Wildman–Crippen MR) is 125 cm³/mol. The van der Waals surface area contributed by atoms with Gasteiger partial charge in [0.05, 0.1) is 5.75 Å². The predicted octanol–water partition coefficient (Wildman–Crippen LogP) is 3.31. The van der Waals surface area contributed by atoms with Crippen LogP contribution in [-0.2, 0) is 20.6 Å². The van der Waals surface area contributed by atoms with Gasteiger partial charge in [-0.15, -0.1) is 0 Å². The molecule has 174 valence electrons. The number of hydrogen-bond donors (Lipinski definition) is 1. The average molecular weight is 450 g/mol. The zero-order valence-electron chi connectivity index (χ0n) is 19.2. The molecule has 1 aromatic carbocycles. The molecule has 1 N–H and O–H groups in total. The van der Waals surface area contributed by atoms with Crippen LogP contribution in [0.25, 0.3) is 0 Å². The summed E-state index contributed by atoms with van der Waals surface area (Å²) in [6, 6.07) is 8.34. The molecule has 1 atom stereocenters. The van der Waals surface area contributed by atoms with Crippen LogP contribution in [0.4, 0.5) is 0 Å². The lowest BCUT2D eigenvalue weighted by molar-refractivity contribution is -0.126. The van der Waals surface area contributed by atoms with E-state index in [1.54, 1.807) is 4.31 Å². The summed E-state index contributed by atoms with van der Waals surface area (Å²) in [5.41, 5.74) is 1.88. The van der Waals surface area contributed by atoms with E-state index in [-0.39, 0.29) is 17.6 Å². The molecule has 1 aromatic rings. The molecule has 0 spiro atoms. The zero-order chi connectivity index (χ0) is 22.3. The highest BCUT2D eigenvalue weighted by Crippen LogP contribution is 2.22. The highest BCUT2D eigenvalue weighted by Gasteiger charge is 2.31. The van der Waals surface area contributed by atoms with E-state index in [0.717, 1.165) is 24.1 Å². The fraction of sp³-hybridized carbons (Fsp3) is 0.708. The Morgan fingerprint density at radius 2 is 1.90 bits per heavy atom. The van der Waals surface area contributed by atoms with E-state index in [0.29, 0.717) is 38.5 Å². The minimum absolute atomic E-state index is 0.0286. The van der Waals surface area contributed by atoms with E-state index < -0.39 is 10.0 Å². The Morgan fingerprint density at radius 3 is 2.61 bits per heavy atom. The van der Waals surface area contributed by atoms with E-state index in [4.69, 9.17) is 0 Å². The van der Waals surface area contributed by atoms with Crippen LogP contribution in [0.3, 0.4) is 0 Å². The molecule has 2 aliphatic heterocycles. The maximum Gasteiger partial charge on any atom is 0.223 e. The normalized spacial score (nSPS) is 21.8. The van der Waals surface area contributed by atoms with Crippen molar-refractivity contribution in [1.29, 1.82) is 0 Å². The number of nitrogens with zero attached hydrogens (tertiary/aromatic N) is 2. The molecule has 1 amide bonds. The first-order chi connectivity index (χ1) is 14.9. The third-order valence-electron chi connectivity index (χ3n) is 6.79. The van der Waals surface area contributed by atoms with Gasteiger partial charge in [-0.2, -0.15) is 0 Å². The smallest absolute Gasteiger partial charge is 0.223 e. The quantitative estimate of drug-likeness (QED) is 0.587. The lowest BCUT2D eigenvalue weighted by Gasteiger charge is -2.35. The van der Waals surface area contributed by atoms with E-state index >= 15 is 0 Å². The molecule has 3 rings (SSSR count). The minimum Gasteiger partial charge on any atom is -0.356 e. The highest BCUT2D eigenvalue weighted by atomic mass is 32.2. The van der Waals surface area contributed by atoms with Crippen molar-refractivity contribution in [3.8, 4) is 0 Å². The summed E-state index contributed by atoms with van der Waals surface area (Å²) in [5, 5.41) is 3.09. The van der Waals surface area contributed by atoms with Gasteiger partial charge < -0.3 is 10.2 Å². The molecule has 0 radical (unpaired) electrons. The Hall–Kier alpha value is -1.44. The highest BCUT2D eigenvalue weighted by molar-refractivity contribution is 7.88. The lowest BCUT2D eigenvalue weighted by Crippen LogP contribution is -2.44. The number of amides is 1. The van der Waals surface area contributed by atoms with Crippen LogP contribution in [0, 0.1) is 12.8 Å². The molecule has 0 saturated carbocycles. The summed E-state index contributed by atoms with van der Waals surface area (Å²) in [6.45, 7) is 8.03. The number of sulfonamides is 1. The molecular formula is C24H39N3O3S. The number of carbonyl (C=O) groups excluding carboxylic acids is 1. The number of nitrogens with one attached hydrogen (secondary N) is 1. The maximum absolute atomic E-state index is 12.8. The van der Waals surface area contributed by atoms with Gasteiger partial charge in [-0.25, -0.2) is 12.7 Å². The van der Waals surface area contributed by atoms with Crippen molar-refractivity contribution in [3.05, 3.63) is 35.4 Å². The van der Waals surface area contributed by atoms with Crippen molar-refractivity contribution in [2.45, 2.75) is 70.6 Å². The molecule has 0 aliphatic carbocycles. The van der Waals surface area contributed by atoms with Crippen LogP contribution in [0.5, 0.6) is 0 Å². The standard InChI is InChI=1S/C24H39N3O3S/c1-3-23-10-4-5-14-26(23)15-7-13-25-24(28)22-11-16-27(17-12-22)31(29,30)19-21-9-6-8-20(2)18-21/h6,8-9,18,22-23H,3-5,7,10-17,19H2,1-2H3,(H,25,28)/t23-/m0/s1. The van der Waals surface area contributed by atoms with Crippen molar-refractivity contribution in [2.24, 2.45) is 5.92 Å². The first kappa shape index (κ1) is 24.2. The third kappa shape index (κ3) is 7.02. The van der Waals surface area contributed by atoms with Crippen LogP contribution in [0.15, 0.2) is 24.3 Å². The molecule has 6 nitrogen and oxygen atoms in total. The van der Waals surface area contributed by atoms with Gasteiger partial charge in [0.15, 0.2) is 0 Å². The molecule has 0 aromatic heterocycles. The van der Waals surface area contributed by atoms with Gasteiger partial charge >= 0.3 is 0 Å². The topological polar surface area (TPSA) is 69.7 Å². The molecule has 31 heavy (non-hydrogen) atoms. The Labute approximate surface area is 188 Å². The van der Waals surface area contributed by atoms with E-state index in [1.165, 1.54) is 32.2 Å². The van der Waals surface area contributed by atoms with Gasteiger partial charge in [-0.05, 0) is 57.6 Å². The molecule has 2 fully saturated rings. The van der Waals surface area contributed by atoms with Gasteiger partial charge in [0.1, 0.15) is 0 Å². The van der Waals surface area contributed by atoms with Crippen LogP contribution in [0.2, 0.25) is 0 Å². The monoisotopic (exact) mass is 449 g/mol. The first-order valence-electron chi connectivity index (χ1n) is 11.9. The van der Waals surface area contributed by atoms with Crippen molar-refractivity contribution in [1.82, 2.24) is 14.5 Å². The van der Waals surface area contributed by atoms with Gasteiger partial charge in [0.25, 0.3) is 0 Å². The number of likely N-dealkylation sites (tertiary alicyclic amines) is 1. The van der Waals surface area contributed by atoms with Crippen molar-refractivity contribution < 1.29 is 13.2 Å². The molecule has 2 heterocycles. The second-order valence-electron chi connectivity index (χ2n) is 9.16. The second kappa shape index (κ2) is 11.4. The number of rotatable bonds is 9. The Morgan fingerprint density at radius 1 is 1.13 bits per heavy atom. The fourth-order valence-electron chi connectivity index (χ4n) is 4.95.